The molecular formula is C16H22ClN. The molecule has 0 amide bonds. The molecule has 1 fully saturated rings. The minimum Gasteiger partial charge on any atom is -0.306 e. The number of likely N-dealkylation sites (tertiary alicyclic amines) is 1. The Bertz CT molecular complexity index is 377. The highest BCUT2D eigenvalue weighted by atomic mass is 35.5. The summed E-state index contributed by atoms with van der Waals surface area (Å²) in [4.78, 5) is 2.42. The van der Waals surface area contributed by atoms with Crippen molar-refractivity contribution in [2.24, 2.45) is 5.92 Å². The third-order valence-electron chi connectivity index (χ3n) is 3.74. The van der Waals surface area contributed by atoms with Gasteiger partial charge in [-0.2, -0.15) is 0 Å². The number of allylic oxidation sites excluding steroid dienone is 2. The van der Waals surface area contributed by atoms with Crippen molar-refractivity contribution in [3.63, 3.8) is 0 Å². The van der Waals surface area contributed by atoms with Gasteiger partial charge in [0.05, 0.1) is 0 Å². The second-order valence-corrected chi connectivity index (χ2v) is 5.46. The van der Waals surface area contributed by atoms with Gasteiger partial charge in [-0.3, -0.25) is 0 Å². The average Bonchev–Trinajstić information content (AvgIpc) is 2.42. The number of nitrogens with zero attached hydrogens (tertiary/aromatic N) is 1. The zero-order valence-electron chi connectivity index (χ0n) is 11.1. The Labute approximate surface area is 115 Å². The number of alkyl halides is 1. The summed E-state index contributed by atoms with van der Waals surface area (Å²) >= 11 is 5.84. The van der Waals surface area contributed by atoms with E-state index in [0.29, 0.717) is 11.8 Å². The quantitative estimate of drug-likeness (QED) is 0.741. The fourth-order valence-electron chi connectivity index (χ4n) is 2.68. The van der Waals surface area contributed by atoms with E-state index in [1.165, 1.54) is 37.1 Å². The van der Waals surface area contributed by atoms with Gasteiger partial charge in [-0.15, -0.1) is 11.6 Å². The first-order valence-corrected chi connectivity index (χ1v) is 7.34. The summed E-state index contributed by atoms with van der Waals surface area (Å²) in [6.45, 7) is 2.41. The van der Waals surface area contributed by atoms with E-state index in [0.717, 1.165) is 6.42 Å². The van der Waals surface area contributed by atoms with Crippen LogP contribution in [0.1, 0.15) is 24.8 Å². The van der Waals surface area contributed by atoms with Gasteiger partial charge in [-0.05, 0) is 56.5 Å². The zero-order valence-corrected chi connectivity index (χ0v) is 11.9. The second kappa shape index (κ2) is 6.96. The number of hydrogen-bond donors (Lipinski definition) is 0. The predicted octanol–water partition coefficient (Wildman–Crippen LogP) is 4.04. The number of halogens is 1. The number of benzene rings is 1. The van der Waals surface area contributed by atoms with E-state index in [4.69, 9.17) is 11.6 Å². The molecular weight excluding hydrogens is 242 g/mol. The molecule has 1 aliphatic heterocycles. The zero-order chi connectivity index (χ0) is 12.8. The van der Waals surface area contributed by atoms with Crippen molar-refractivity contribution in [2.75, 3.05) is 26.0 Å². The molecule has 1 aromatic rings. The predicted molar refractivity (Wildman–Crippen MR) is 80.0 cm³/mol. The van der Waals surface area contributed by atoms with E-state index in [-0.39, 0.29) is 0 Å². The highest BCUT2D eigenvalue weighted by Crippen LogP contribution is 2.31. The van der Waals surface area contributed by atoms with Crippen LogP contribution in [-0.4, -0.2) is 30.9 Å². The lowest BCUT2D eigenvalue weighted by Gasteiger charge is -2.31. The lowest BCUT2D eigenvalue weighted by molar-refractivity contribution is 0.248. The van der Waals surface area contributed by atoms with Crippen LogP contribution in [-0.2, 0) is 0 Å². The van der Waals surface area contributed by atoms with Gasteiger partial charge in [0.15, 0.2) is 0 Å². The molecule has 0 radical (unpaired) electrons. The summed E-state index contributed by atoms with van der Waals surface area (Å²) < 4.78 is 0. The van der Waals surface area contributed by atoms with Gasteiger partial charge >= 0.3 is 0 Å². The van der Waals surface area contributed by atoms with Crippen LogP contribution in [0.2, 0.25) is 0 Å². The average molecular weight is 264 g/mol. The third-order valence-corrected chi connectivity index (χ3v) is 3.96. The topological polar surface area (TPSA) is 3.24 Å². The molecule has 18 heavy (non-hydrogen) atoms. The van der Waals surface area contributed by atoms with Crippen LogP contribution in [0.4, 0.5) is 0 Å². The van der Waals surface area contributed by atoms with Crippen molar-refractivity contribution in [3.05, 3.63) is 42.0 Å². The number of hydrogen-bond acceptors (Lipinski definition) is 1. The van der Waals surface area contributed by atoms with Crippen LogP contribution in [0.25, 0.3) is 5.57 Å². The van der Waals surface area contributed by atoms with Crippen LogP contribution in [0.5, 0.6) is 0 Å². The van der Waals surface area contributed by atoms with Gasteiger partial charge in [0.25, 0.3) is 0 Å². The Kier molecular flexibility index (Phi) is 5.27. The van der Waals surface area contributed by atoms with Gasteiger partial charge in [0.1, 0.15) is 0 Å². The van der Waals surface area contributed by atoms with E-state index in [1.54, 1.807) is 0 Å². The van der Waals surface area contributed by atoms with Crippen molar-refractivity contribution in [2.45, 2.75) is 19.3 Å². The maximum absolute atomic E-state index is 5.84. The molecule has 98 valence electrons. The summed E-state index contributed by atoms with van der Waals surface area (Å²) in [7, 11) is 2.21. The van der Waals surface area contributed by atoms with Gasteiger partial charge < -0.3 is 4.90 Å². The maximum Gasteiger partial charge on any atom is 0.0258 e. The van der Waals surface area contributed by atoms with Crippen molar-refractivity contribution < 1.29 is 0 Å². The molecule has 0 saturated carbocycles. The van der Waals surface area contributed by atoms with Crippen LogP contribution in [0, 0.1) is 5.92 Å². The molecule has 2 rings (SSSR count). The van der Waals surface area contributed by atoms with Crippen molar-refractivity contribution >= 4 is 17.2 Å². The van der Waals surface area contributed by atoms with E-state index >= 15 is 0 Å². The minimum absolute atomic E-state index is 0.701. The van der Waals surface area contributed by atoms with E-state index < -0.39 is 0 Å². The minimum atomic E-state index is 0.701. The Morgan fingerprint density at radius 1 is 1.28 bits per heavy atom. The highest BCUT2D eigenvalue weighted by Gasteiger charge is 2.20. The largest absolute Gasteiger partial charge is 0.306 e. The molecule has 2 heteroatoms. The van der Waals surface area contributed by atoms with Gasteiger partial charge in [-0.25, -0.2) is 0 Å². The first-order chi connectivity index (χ1) is 8.81. The summed E-state index contributed by atoms with van der Waals surface area (Å²) in [5.74, 6) is 1.41. The number of rotatable bonds is 4. The third kappa shape index (κ3) is 3.60. The normalized spacial score (nSPS) is 19.1. The van der Waals surface area contributed by atoms with E-state index in [2.05, 4.69) is 48.4 Å². The molecule has 1 aliphatic rings. The lowest BCUT2D eigenvalue weighted by Crippen LogP contribution is -2.30. The smallest absolute Gasteiger partial charge is 0.0258 e. The highest BCUT2D eigenvalue weighted by molar-refractivity contribution is 6.17. The van der Waals surface area contributed by atoms with Gasteiger partial charge in [0.2, 0.25) is 0 Å². The molecule has 1 heterocycles. The fourth-order valence-corrected chi connectivity index (χ4v) is 2.79. The fraction of sp³-hybridized carbons (Fsp3) is 0.500. The van der Waals surface area contributed by atoms with Crippen molar-refractivity contribution in [3.8, 4) is 0 Å². The molecule has 0 unspecified atom stereocenters. The molecule has 0 bridgehead atoms. The van der Waals surface area contributed by atoms with Gasteiger partial charge in [0, 0.05) is 5.88 Å². The molecule has 0 spiro atoms. The Morgan fingerprint density at radius 3 is 2.56 bits per heavy atom. The molecule has 1 saturated heterocycles. The summed E-state index contributed by atoms with van der Waals surface area (Å²) in [6, 6.07) is 10.8. The van der Waals surface area contributed by atoms with Crippen LogP contribution >= 0.6 is 11.6 Å². The van der Waals surface area contributed by atoms with Crippen molar-refractivity contribution in [1.29, 1.82) is 0 Å². The lowest BCUT2D eigenvalue weighted by atomic mass is 9.84. The summed E-state index contributed by atoms with van der Waals surface area (Å²) in [6.07, 6.45) is 5.84. The van der Waals surface area contributed by atoms with Crippen LogP contribution in [0.3, 0.4) is 0 Å². The van der Waals surface area contributed by atoms with E-state index in [1.807, 2.05) is 0 Å². The first-order valence-electron chi connectivity index (χ1n) is 6.81. The van der Waals surface area contributed by atoms with E-state index in [9.17, 15) is 0 Å². The molecule has 0 aliphatic carbocycles. The molecule has 1 aromatic carbocycles. The van der Waals surface area contributed by atoms with Gasteiger partial charge in [-0.1, -0.05) is 36.4 Å². The maximum atomic E-state index is 5.84. The standard InChI is InChI=1S/C16H22ClN/c1-18-12-9-15(10-13-18)16(8-5-11-17)14-6-3-2-4-7-14/h2-4,6-8,15H,5,9-13H2,1H3/b16-8-. The summed E-state index contributed by atoms with van der Waals surface area (Å²) in [5, 5.41) is 0. The monoisotopic (exact) mass is 263 g/mol. The number of piperidine rings is 1. The second-order valence-electron chi connectivity index (χ2n) is 5.08. The van der Waals surface area contributed by atoms with Crippen LogP contribution < -0.4 is 0 Å². The Hall–Kier alpha value is -0.790. The SMILES string of the molecule is CN1CCC(/C(=C\CCCl)c2ccccc2)CC1. The van der Waals surface area contributed by atoms with Crippen LogP contribution in [0.15, 0.2) is 36.4 Å². The first kappa shape index (κ1) is 13.6. The molecule has 0 atom stereocenters. The van der Waals surface area contributed by atoms with Crippen molar-refractivity contribution in [1.82, 2.24) is 4.90 Å². The molecule has 1 nitrogen and oxygen atoms in total. The Balaban J connectivity index is 2.16. The molecule has 0 aromatic heterocycles. The Morgan fingerprint density at radius 2 is 1.94 bits per heavy atom. The molecule has 0 N–H and O–H groups in total. The summed E-state index contributed by atoms with van der Waals surface area (Å²) in [5.41, 5.74) is 2.88.